The van der Waals surface area contributed by atoms with Crippen LogP contribution in [-0.2, 0) is 16.0 Å². The lowest BCUT2D eigenvalue weighted by Gasteiger charge is -2.25. The minimum atomic E-state index is -0.745. The number of aliphatic hydroxyl groups is 1. The van der Waals surface area contributed by atoms with Crippen LogP contribution in [0.2, 0.25) is 5.02 Å². The molecule has 1 saturated heterocycles. The number of halogens is 2. The molecular formula is C25H19ClFNO3. The maximum Gasteiger partial charge on any atom is 0.295 e. The van der Waals surface area contributed by atoms with Crippen molar-refractivity contribution in [3.05, 3.63) is 112 Å². The number of carbonyl (C=O) groups excluding carboxylic acids is 2. The number of hydrogen-bond donors (Lipinski definition) is 1. The number of amides is 1. The van der Waals surface area contributed by atoms with Crippen LogP contribution < -0.4 is 0 Å². The summed E-state index contributed by atoms with van der Waals surface area (Å²) in [7, 11) is 0. The third-order valence-corrected chi connectivity index (χ3v) is 5.54. The first kappa shape index (κ1) is 20.8. The average Bonchev–Trinajstić information content (AvgIpc) is 3.03. The van der Waals surface area contributed by atoms with Gasteiger partial charge in [0.25, 0.3) is 11.7 Å². The Bertz CT molecular complexity index is 1160. The molecule has 1 unspecified atom stereocenters. The maximum absolute atomic E-state index is 13.2. The van der Waals surface area contributed by atoms with E-state index in [1.807, 2.05) is 30.3 Å². The summed E-state index contributed by atoms with van der Waals surface area (Å²) in [6.07, 6.45) is 0.438. The number of aliphatic hydroxyl groups excluding tert-OH is 1. The largest absolute Gasteiger partial charge is 0.507 e. The fourth-order valence-corrected chi connectivity index (χ4v) is 3.97. The summed E-state index contributed by atoms with van der Waals surface area (Å²) in [4.78, 5) is 27.3. The molecule has 0 spiro atoms. The first-order valence-electron chi connectivity index (χ1n) is 9.79. The smallest absolute Gasteiger partial charge is 0.295 e. The number of ketones is 1. The Balaban J connectivity index is 1.76. The van der Waals surface area contributed by atoms with Crippen LogP contribution in [0.5, 0.6) is 0 Å². The third kappa shape index (κ3) is 4.23. The van der Waals surface area contributed by atoms with Gasteiger partial charge in [-0.2, -0.15) is 0 Å². The van der Waals surface area contributed by atoms with Crippen LogP contribution in [-0.4, -0.2) is 28.2 Å². The molecule has 4 nitrogen and oxygen atoms in total. The van der Waals surface area contributed by atoms with E-state index in [2.05, 4.69) is 0 Å². The van der Waals surface area contributed by atoms with E-state index in [9.17, 15) is 19.1 Å². The summed E-state index contributed by atoms with van der Waals surface area (Å²) >= 11 is 6.05. The summed E-state index contributed by atoms with van der Waals surface area (Å²) in [5.41, 5.74) is 1.94. The molecule has 1 atom stereocenters. The SMILES string of the molecule is O=C1C(=O)N(CCc2ccc(F)cc2)C(c2ccccc2)/C1=C(/O)c1cccc(Cl)c1. The van der Waals surface area contributed by atoms with E-state index in [0.717, 1.165) is 5.56 Å². The van der Waals surface area contributed by atoms with Gasteiger partial charge in [0, 0.05) is 17.1 Å². The Hall–Kier alpha value is -3.44. The zero-order valence-electron chi connectivity index (χ0n) is 16.5. The molecule has 0 bridgehead atoms. The maximum atomic E-state index is 13.2. The molecule has 3 aromatic carbocycles. The molecule has 4 rings (SSSR count). The predicted octanol–water partition coefficient (Wildman–Crippen LogP) is 5.14. The molecule has 6 heteroatoms. The van der Waals surface area contributed by atoms with E-state index in [-0.39, 0.29) is 23.7 Å². The van der Waals surface area contributed by atoms with Gasteiger partial charge in [0.05, 0.1) is 11.6 Å². The second-order valence-corrected chi connectivity index (χ2v) is 7.73. The van der Waals surface area contributed by atoms with E-state index in [1.165, 1.54) is 17.0 Å². The van der Waals surface area contributed by atoms with E-state index >= 15 is 0 Å². The van der Waals surface area contributed by atoms with Crippen LogP contribution in [0.4, 0.5) is 4.39 Å². The highest BCUT2D eigenvalue weighted by atomic mass is 35.5. The fourth-order valence-electron chi connectivity index (χ4n) is 3.78. The predicted molar refractivity (Wildman–Crippen MR) is 117 cm³/mol. The zero-order chi connectivity index (χ0) is 22.0. The number of likely N-dealkylation sites (tertiary alicyclic amines) is 1. The molecule has 31 heavy (non-hydrogen) atoms. The van der Waals surface area contributed by atoms with Gasteiger partial charge in [-0.15, -0.1) is 0 Å². The van der Waals surface area contributed by atoms with E-state index in [1.54, 1.807) is 36.4 Å². The van der Waals surface area contributed by atoms with Crippen molar-refractivity contribution in [1.29, 1.82) is 0 Å². The van der Waals surface area contributed by atoms with Crippen molar-refractivity contribution in [2.24, 2.45) is 0 Å². The van der Waals surface area contributed by atoms with Crippen LogP contribution in [0.25, 0.3) is 5.76 Å². The molecule has 1 aliphatic heterocycles. The van der Waals surface area contributed by atoms with Crippen LogP contribution >= 0.6 is 11.6 Å². The van der Waals surface area contributed by atoms with Crippen molar-refractivity contribution in [2.75, 3.05) is 6.54 Å². The van der Waals surface area contributed by atoms with Crippen LogP contribution in [0, 0.1) is 5.82 Å². The first-order valence-corrected chi connectivity index (χ1v) is 10.2. The lowest BCUT2D eigenvalue weighted by molar-refractivity contribution is -0.139. The number of hydrogen-bond acceptors (Lipinski definition) is 3. The van der Waals surface area contributed by atoms with Gasteiger partial charge in [-0.25, -0.2) is 4.39 Å². The molecule has 3 aromatic rings. The Labute approximate surface area is 184 Å². The van der Waals surface area contributed by atoms with Crippen molar-refractivity contribution < 1.29 is 19.1 Å². The van der Waals surface area contributed by atoms with Crippen molar-refractivity contribution >= 4 is 29.1 Å². The van der Waals surface area contributed by atoms with Gasteiger partial charge in [-0.05, 0) is 41.8 Å². The van der Waals surface area contributed by atoms with Gasteiger partial charge in [0.15, 0.2) is 0 Å². The van der Waals surface area contributed by atoms with Crippen LogP contribution in [0.15, 0.2) is 84.4 Å². The van der Waals surface area contributed by atoms with Gasteiger partial charge >= 0.3 is 0 Å². The minimum Gasteiger partial charge on any atom is -0.507 e. The molecule has 0 saturated carbocycles. The number of rotatable bonds is 5. The Kier molecular flexibility index (Phi) is 5.87. The molecule has 0 aliphatic carbocycles. The van der Waals surface area contributed by atoms with E-state index < -0.39 is 17.7 Å². The highest BCUT2D eigenvalue weighted by Crippen LogP contribution is 2.39. The summed E-state index contributed by atoms with van der Waals surface area (Å²) in [6, 6.07) is 20.9. The second-order valence-electron chi connectivity index (χ2n) is 7.29. The van der Waals surface area contributed by atoms with Crippen molar-refractivity contribution in [3.63, 3.8) is 0 Å². The van der Waals surface area contributed by atoms with Crippen LogP contribution in [0.3, 0.4) is 0 Å². The quantitative estimate of drug-likeness (QED) is 0.343. The van der Waals surface area contributed by atoms with Crippen molar-refractivity contribution in [1.82, 2.24) is 4.90 Å². The highest BCUT2D eigenvalue weighted by molar-refractivity contribution is 6.46. The molecule has 1 N–H and O–H groups in total. The lowest BCUT2D eigenvalue weighted by atomic mass is 9.95. The molecular weight excluding hydrogens is 417 g/mol. The molecule has 1 fully saturated rings. The average molecular weight is 436 g/mol. The molecule has 0 radical (unpaired) electrons. The van der Waals surface area contributed by atoms with Crippen molar-refractivity contribution in [2.45, 2.75) is 12.5 Å². The summed E-state index contributed by atoms with van der Waals surface area (Å²) in [5.74, 6) is -2.03. The molecule has 0 aromatic heterocycles. The summed E-state index contributed by atoms with van der Waals surface area (Å²) in [6.45, 7) is 0.238. The topological polar surface area (TPSA) is 57.6 Å². The van der Waals surface area contributed by atoms with E-state index in [0.29, 0.717) is 22.6 Å². The third-order valence-electron chi connectivity index (χ3n) is 5.31. The number of carbonyl (C=O) groups is 2. The standard InChI is InChI=1S/C25H19ClFNO3/c26-19-8-4-7-18(15-19)23(29)21-22(17-5-2-1-3-6-17)28(25(31)24(21)30)14-13-16-9-11-20(27)12-10-16/h1-12,15,22,29H,13-14H2/b23-21-. The van der Waals surface area contributed by atoms with Gasteiger partial charge in [0.1, 0.15) is 11.6 Å². The Morgan fingerprint density at radius 3 is 2.35 bits per heavy atom. The van der Waals surface area contributed by atoms with E-state index in [4.69, 9.17) is 11.6 Å². The first-order chi connectivity index (χ1) is 15.0. The van der Waals surface area contributed by atoms with Crippen LogP contribution in [0.1, 0.15) is 22.7 Å². The lowest BCUT2D eigenvalue weighted by Crippen LogP contribution is -2.31. The second kappa shape index (κ2) is 8.74. The number of benzene rings is 3. The molecule has 1 amide bonds. The monoisotopic (exact) mass is 435 g/mol. The Morgan fingerprint density at radius 1 is 0.968 bits per heavy atom. The zero-order valence-corrected chi connectivity index (χ0v) is 17.2. The number of Topliss-reactive ketones (excluding diaryl/α,β-unsaturated/α-hetero) is 1. The fraction of sp³-hybridized carbons (Fsp3) is 0.120. The Morgan fingerprint density at radius 2 is 1.68 bits per heavy atom. The highest BCUT2D eigenvalue weighted by Gasteiger charge is 2.45. The van der Waals surface area contributed by atoms with Crippen molar-refractivity contribution in [3.8, 4) is 0 Å². The van der Waals surface area contributed by atoms with Gasteiger partial charge in [-0.1, -0.05) is 66.2 Å². The van der Waals surface area contributed by atoms with Gasteiger partial charge in [0.2, 0.25) is 0 Å². The van der Waals surface area contributed by atoms with Gasteiger partial charge in [-0.3, -0.25) is 9.59 Å². The number of nitrogens with zero attached hydrogens (tertiary/aromatic N) is 1. The molecule has 156 valence electrons. The normalized spacial score (nSPS) is 17.9. The minimum absolute atomic E-state index is 0.0255. The van der Waals surface area contributed by atoms with Gasteiger partial charge < -0.3 is 10.0 Å². The summed E-state index contributed by atoms with van der Waals surface area (Å²) in [5, 5.41) is 11.4. The molecule has 1 aliphatic rings. The molecule has 1 heterocycles. The summed E-state index contributed by atoms with van der Waals surface area (Å²) < 4.78 is 13.2.